The molecule has 15 heavy (non-hydrogen) atoms. The van der Waals surface area contributed by atoms with Crippen molar-refractivity contribution in [2.45, 2.75) is 39.7 Å². The van der Waals surface area contributed by atoms with Gasteiger partial charge in [0.05, 0.1) is 0 Å². The maximum atomic E-state index is 10.7. The van der Waals surface area contributed by atoms with E-state index in [4.69, 9.17) is 5.73 Å². The van der Waals surface area contributed by atoms with Crippen LogP contribution in [0, 0.1) is 12.3 Å². The van der Waals surface area contributed by atoms with Crippen molar-refractivity contribution >= 4 is 11.3 Å². The first kappa shape index (κ1) is 12.7. The molecule has 0 aliphatic carbocycles. The average molecular weight is 227 g/mol. The number of hydrogen-bond acceptors (Lipinski definition) is 3. The molecular formula is C12H21NOS. The molecule has 0 bridgehead atoms. The summed E-state index contributed by atoms with van der Waals surface area (Å²) in [7, 11) is 0. The van der Waals surface area contributed by atoms with Gasteiger partial charge in [0, 0.05) is 16.8 Å². The third-order valence-corrected chi connectivity index (χ3v) is 4.94. The minimum atomic E-state index is -0.839. The minimum Gasteiger partial charge on any atom is -0.384 e. The fourth-order valence-corrected chi connectivity index (χ4v) is 2.97. The normalized spacial score (nSPS) is 19.6. The summed E-state index contributed by atoms with van der Waals surface area (Å²) in [5.41, 5.74) is 5.86. The van der Waals surface area contributed by atoms with Crippen LogP contribution in [0.3, 0.4) is 0 Å². The van der Waals surface area contributed by atoms with Gasteiger partial charge in [-0.1, -0.05) is 13.8 Å². The summed E-state index contributed by atoms with van der Waals surface area (Å²) in [4.78, 5) is 1.04. The Hall–Kier alpha value is -0.380. The molecule has 1 rings (SSSR count). The van der Waals surface area contributed by atoms with Gasteiger partial charge in [-0.25, -0.2) is 0 Å². The fraction of sp³-hybridized carbons (Fsp3) is 0.667. The van der Waals surface area contributed by atoms with Gasteiger partial charge in [0.15, 0.2) is 0 Å². The molecule has 0 amide bonds. The third kappa shape index (κ3) is 1.96. The quantitative estimate of drug-likeness (QED) is 0.830. The molecule has 1 aromatic rings. The lowest BCUT2D eigenvalue weighted by Crippen LogP contribution is -2.46. The third-order valence-electron chi connectivity index (χ3n) is 3.71. The maximum Gasteiger partial charge on any atom is 0.103 e. The molecule has 0 aliphatic rings. The predicted octanol–water partition coefficient (Wildman–Crippen LogP) is 2.64. The Balaban J connectivity index is 3.17. The second-order valence-electron chi connectivity index (χ2n) is 4.62. The van der Waals surface area contributed by atoms with E-state index in [2.05, 4.69) is 6.92 Å². The van der Waals surface area contributed by atoms with Crippen LogP contribution in [0.2, 0.25) is 0 Å². The van der Waals surface area contributed by atoms with Gasteiger partial charge in [-0.15, -0.1) is 11.3 Å². The van der Waals surface area contributed by atoms with Crippen LogP contribution in [-0.2, 0) is 5.60 Å². The molecule has 1 heterocycles. The predicted molar refractivity (Wildman–Crippen MR) is 66.1 cm³/mol. The fourth-order valence-electron chi connectivity index (χ4n) is 1.83. The molecule has 2 atom stereocenters. The molecule has 2 nitrogen and oxygen atoms in total. The SMILES string of the molecule is CCC(C)(CN)C(C)(O)c1sccc1C. The van der Waals surface area contributed by atoms with Crippen LogP contribution in [-0.4, -0.2) is 11.7 Å². The van der Waals surface area contributed by atoms with Gasteiger partial charge < -0.3 is 10.8 Å². The summed E-state index contributed by atoms with van der Waals surface area (Å²) >= 11 is 1.61. The van der Waals surface area contributed by atoms with Crippen molar-refractivity contribution in [2.24, 2.45) is 11.1 Å². The summed E-state index contributed by atoms with van der Waals surface area (Å²) in [6.45, 7) is 8.53. The molecule has 3 N–H and O–H groups in total. The van der Waals surface area contributed by atoms with E-state index < -0.39 is 5.60 Å². The molecule has 0 spiro atoms. The van der Waals surface area contributed by atoms with Crippen LogP contribution in [0.25, 0.3) is 0 Å². The van der Waals surface area contributed by atoms with Crippen molar-refractivity contribution in [1.82, 2.24) is 0 Å². The Labute approximate surface area is 96.1 Å². The number of aryl methyl sites for hydroxylation is 1. The standard InChI is InChI=1S/C12H21NOS/c1-5-11(3,8-13)12(4,14)10-9(2)6-7-15-10/h6-7,14H,5,8,13H2,1-4H3. The molecule has 3 heteroatoms. The van der Waals surface area contributed by atoms with Gasteiger partial charge in [-0.05, 0) is 37.3 Å². The Kier molecular flexibility index (Phi) is 3.59. The highest BCUT2D eigenvalue weighted by Gasteiger charge is 2.43. The largest absolute Gasteiger partial charge is 0.384 e. The number of thiophene rings is 1. The Bertz CT molecular complexity index is 326. The first-order chi connectivity index (χ1) is 6.89. The molecule has 0 aromatic carbocycles. The Morgan fingerprint density at radius 2 is 2.07 bits per heavy atom. The van der Waals surface area contributed by atoms with E-state index in [1.165, 1.54) is 0 Å². The highest BCUT2D eigenvalue weighted by molar-refractivity contribution is 7.10. The van der Waals surface area contributed by atoms with Gasteiger partial charge in [0.2, 0.25) is 0 Å². The van der Waals surface area contributed by atoms with E-state index in [0.717, 1.165) is 16.9 Å². The van der Waals surface area contributed by atoms with Gasteiger partial charge in [-0.3, -0.25) is 0 Å². The number of hydrogen-bond donors (Lipinski definition) is 2. The van der Waals surface area contributed by atoms with Crippen LogP contribution < -0.4 is 5.73 Å². The molecule has 1 aromatic heterocycles. The summed E-state index contributed by atoms with van der Waals surface area (Å²) < 4.78 is 0. The first-order valence-corrected chi connectivity index (χ1v) is 6.24. The molecule has 2 unspecified atom stereocenters. The van der Waals surface area contributed by atoms with Gasteiger partial charge >= 0.3 is 0 Å². The molecule has 0 saturated heterocycles. The van der Waals surface area contributed by atoms with Crippen LogP contribution in [0.1, 0.15) is 37.6 Å². The summed E-state index contributed by atoms with van der Waals surface area (Å²) in [5, 5.41) is 12.7. The van der Waals surface area contributed by atoms with Gasteiger partial charge in [-0.2, -0.15) is 0 Å². The lowest BCUT2D eigenvalue weighted by Gasteiger charge is -2.41. The molecule has 0 aliphatic heterocycles. The van der Waals surface area contributed by atoms with E-state index in [9.17, 15) is 5.11 Å². The maximum absolute atomic E-state index is 10.7. The van der Waals surface area contributed by atoms with Crippen molar-refractivity contribution in [3.8, 4) is 0 Å². The van der Waals surface area contributed by atoms with E-state index in [-0.39, 0.29) is 5.41 Å². The molecule has 0 fully saturated rings. The number of aliphatic hydroxyl groups is 1. The van der Waals surface area contributed by atoms with E-state index in [1.807, 2.05) is 32.2 Å². The van der Waals surface area contributed by atoms with Crippen molar-refractivity contribution in [1.29, 1.82) is 0 Å². The van der Waals surface area contributed by atoms with Crippen LogP contribution in [0.4, 0.5) is 0 Å². The lowest BCUT2D eigenvalue weighted by molar-refractivity contribution is -0.0620. The van der Waals surface area contributed by atoms with E-state index in [0.29, 0.717) is 6.54 Å². The average Bonchev–Trinajstić information content (AvgIpc) is 2.63. The van der Waals surface area contributed by atoms with Crippen LogP contribution in [0.15, 0.2) is 11.4 Å². The van der Waals surface area contributed by atoms with E-state index in [1.54, 1.807) is 11.3 Å². The smallest absolute Gasteiger partial charge is 0.103 e. The number of rotatable bonds is 4. The van der Waals surface area contributed by atoms with Crippen molar-refractivity contribution in [2.75, 3.05) is 6.54 Å². The zero-order valence-electron chi connectivity index (χ0n) is 10.0. The highest BCUT2D eigenvalue weighted by Crippen LogP contribution is 2.44. The van der Waals surface area contributed by atoms with Crippen molar-refractivity contribution < 1.29 is 5.11 Å². The lowest BCUT2D eigenvalue weighted by atomic mass is 9.71. The summed E-state index contributed by atoms with van der Waals surface area (Å²) in [5.74, 6) is 0. The molecule has 0 radical (unpaired) electrons. The summed E-state index contributed by atoms with van der Waals surface area (Å²) in [6.07, 6.45) is 0.869. The highest BCUT2D eigenvalue weighted by atomic mass is 32.1. The minimum absolute atomic E-state index is 0.261. The zero-order chi connectivity index (χ0) is 11.7. The Morgan fingerprint density at radius 1 is 1.47 bits per heavy atom. The second kappa shape index (κ2) is 4.24. The van der Waals surface area contributed by atoms with Crippen LogP contribution in [0.5, 0.6) is 0 Å². The van der Waals surface area contributed by atoms with Gasteiger partial charge in [0.25, 0.3) is 0 Å². The summed E-state index contributed by atoms with van der Waals surface area (Å²) in [6, 6.07) is 2.04. The molecular weight excluding hydrogens is 206 g/mol. The Morgan fingerprint density at radius 3 is 2.40 bits per heavy atom. The molecule has 86 valence electrons. The monoisotopic (exact) mass is 227 g/mol. The van der Waals surface area contributed by atoms with Crippen molar-refractivity contribution in [3.05, 3.63) is 21.9 Å². The van der Waals surface area contributed by atoms with E-state index >= 15 is 0 Å². The first-order valence-electron chi connectivity index (χ1n) is 5.36. The van der Waals surface area contributed by atoms with Crippen molar-refractivity contribution in [3.63, 3.8) is 0 Å². The van der Waals surface area contributed by atoms with Crippen LogP contribution >= 0.6 is 11.3 Å². The number of nitrogens with two attached hydrogens (primary N) is 1. The topological polar surface area (TPSA) is 46.2 Å². The molecule has 0 saturated carbocycles. The van der Waals surface area contributed by atoms with Gasteiger partial charge in [0.1, 0.15) is 5.60 Å². The second-order valence-corrected chi connectivity index (χ2v) is 5.54. The zero-order valence-corrected chi connectivity index (χ0v) is 10.8.